The van der Waals surface area contributed by atoms with Gasteiger partial charge in [-0.2, -0.15) is 5.26 Å². The zero-order valence-electron chi connectivity index (χ0n) is 16.0. The number of carbonyl (C=O) groups is 2. The van der Waals surface area contributed by atoms with Gasteiger partial charge in [0.1, 0.15) is 18.2 Å². The molecule has 0 fully saturated rings. The largest absolute Gasteiger partial charge is 0.507 e. The number of aromatic amines is 1. The van der Waals surface area contributed by atoms with E-state index < -0.39 is 24.4 Å². The number of aliphatic hydroxyl groups is 1. The Morgan fingerprint density at radius 2 is 2.00 bits per heavy atom. The first-order valence-electron chi connectivity index (χ1n) is 9.00. The number of H-pyrrole nitrogens is 1. The van der Waals surface area contributed by atoms with Crippen molar-refractivity contribution < 1.29 is 24.2 Å². The van der Waals surface area contributed by atoms with E-state index in [1.807, 2.05) is 12.1 Å². The Balaban J connectivity index is 1.71. The molecule has 0 spiro atoms. The van der Waals surface area contributed by atoms with Crippen molar-refractivity contribution in [2.24, 2.45) is 0 Å². The number of ether oxygens (including phenoxy) is 2. The molecular weight excluding hydrogens is 388 g/mol. The number of allylic oxidation sites excluding steroid dienone is 1. The molecule has 0 bridgehead atoms. The van der Waals surface area contributed by atoms with E-state index in [4.69, 9.17) is 9.47 Å². The van der Waals surface area contributed by atoms with Gasteiger partial charge in [-0.25, -0.2) is 14.6 Å². The molecule has 1 amide bonds. The predicted octanol–water partition coefficient (Wildman–Crippen LogP) is 3.78. The van der Waals surface area contributed by atoms with Crippen LogP contribution in [0.25, 0.3) is 16.6 Å². The van der Waals surface area contributed by atoms with E-state index >= 15 is 0 Å². The van der Waals surface area contributed by atoms with E-state index in [9.17, 15) is 20.0 Å². The number of aliphatic hydroxyl groups excluding tert-OH is 1. The third kappa shape index (κ3) is 4.74. The number of nitriles is 1. The number of carbonyl (C=O) groups excluding carboxylic acids is 2. The quantitative estimate of drug-likeness (QED) is 0.322. The van der Waals surface area contributed by atoms with Gasteiger partial charge in [0.15, 0.2) is 11.6 Å². The van der Waals surface area contributed by atoms with Crippen molar-refractivity contribution in [2.75, 3.05) is 18.5 Å². The lowest BCUT2D eigenvalue weighted by atomic mass is 10.2. The number of hydrogen-bond acceptors (Lipinski definition) is 7. The van der Waals surface area contributed by atoms with Crippen LogP contribution in [0.3, 0.4) is 0 Å². The molecule has 3 rings (SSSR count). The zero-order valence-corrected chi connectivity index (χ0v) is 16.0. The summed E-state index contributed by atoms with van der Waals surface area (Å²) >= 11 is 0. The molecular formula is C21H18N4O5. The van der Waals surface area contributed by atoms with Crippen molar-refractivity contribution in [3.8, 4) is 6.07 Å². The Labute approximate surface area is 171 Å². The fourth-order valence-electron chi connectivity index (χ4n) is 2.62. The second kappa shape index (κ2) is 9.25. The van der Waals surface area contributed by atoms with Crippen LogP contribution < -0.4 is 5.32 Å². The lowest BCUT2D eigenvalue weighted by molar-refractivity contribution is 0.0502. The van der Waals surface area contributed by atoms with Gasteiger partial charge in [0.2, 0.25) is 0 Å². The molecule has 3 aromatic rings. The molecule has 152 valence electrons. The van der Waals surface area contributed by atoms with Gasteiger partial charge >= 0.3 is 12.1 Å². The highest BCUT2D eigenvalue weighted by molar-refractivity contribution is 5.92. The zero-order chi connectivity index (χ0) is 21.5. The van der Waals surface area contributed by atoms with E-state index in [0.717, 1.165) is 0 Å². The number of benzene rings is 2. The van der Waals surface area contributed by atoms with Gasteiger partial charge in [-0.15, -0.1) is 0 Å². The van der Waals surface area contributed by atoms with Gasteiger partial charge < -0.3 is 19.6 Å². The Kier molecular flexibility index (Phi) is 6.29. The molecule has 0 saturated carbocycles. The number of esters is 1. The minimum atomic E-state index is -0.740. The highest BCUT2D eigenvalue weighted by Gasteiger charge is 2.16. The van der Waals surface area contributed by atoms with E-state index in [1.165, 1.54) is 12.1 Å². The van der Waals surface area contributed by atoms with Gasteiger partial charge in [0, 0.05) is 5.69 Å². The van der Waals surface area contributed by atoms with E-state index in [0.29, 0.717) is 16.7 Å². The number of aromatic nitrogens is 2. The van der Waals surface area contributed by atoms with Crippen molar-refractivity contribution in [3.63, 3.8) is 0 Å². The molecule has 0 atom stereocenters. The van der Waals surface area contributed by atoms with Crippen LogP contribution in [0, 0.1) is 11.3 Å². The summed E-state index contributed by atoms with van der Waals surface area (Å²) in [6, 6.07) is 15.1. The summed E-state index contributed by atoms with van der Waals surface area (Å²) in [6.07, 6.45) is -0.645. The summed E-state index contributed by atoms with van der Waals surface area (Å²) in [5, 5.41) is 22.1. The number of nitrogens with zero attached hydrogens (tertiary/aromatic N) is 2. The summed E-state index contributed by atoms with van der Waals surface area (Å²) in [7, 11) is 0. The monoisotopic (exact) mass is 406 g/mol. The van der Waals surface area contributed by atoms with Gasteiger partial charge in [0.05, 0.1) is 23.2 Å². The Morgan fingerprint density at radius 1 is 1.20 bits per heavy atom. The molecule has 1 heterocycles. The van der Waals surface area contributed by atoms with Crippen molar-refractivity contribution in [3.05, 3.63) is 65.7 Å². The maximum atomic E-state index is 12.3. The standard InChI is InChI=1S/C21H18N4O5/c1-2-29-21(28)23-14-7-5-6-13(10-14)20(27)30-12-18(26)15(11-22)19-24-16-8-3-4-9-17(16)25-19/h3-10,26H,2,12H2,1H3,(H,23,28)(H,24,25). The second-order valence-corrected chi connectivity index (χ2v) is 6.04. The normalized spacial score (nSPS) is 11.3. The van der Waals surface area contributed by atoms with Crippen LogP contribution in [0.1, 0.15) is 23.1 Å². The molecule has 30 heavy (non-hydrogen) atoms. The third-order valence-corrected chi connectivity index (χ3v) is 3.99. The lowest BCUT2D eigenvalue weighted by Crippen LogP contribution is -2.14. The van der Waals surface area contributed by atoms with Crippen LogP contribution in [-0.2, 0) is 9.47 Å². The van der Waals surface area contributed by atoms with Crippen molar-refractivity contribution in [1.82, 2.24) is 9.97 Å². The summed E-state index contributed by atoms with van der Waals surface area (Å²) in [5.74, 6) is -1.01. The number of imidazole rings is 1. The van der Waals surface area contributed by atoms with Gasteiger partial charge in [-0.05, 0) is 37.3 Å². The van der Waals surface area contributed by atoms with Crippen molar-refractivity contribution >= 4 is 34.4 Å². The number of rotatable bonds is 6. The predicted molar refractivity (Wildman–Crippen MR) is 109 cm³/mol. The number of hydrogen-bond donors (Lipinski definition) is 3. The summed E-state index contributed by atoms with van der Waals surface area (Å²) in [4.78, 5) is 31.0. The molecule has 0 saturated heterocycles. The fourth-order valence-corrected chi connectivity index (χ4v) is 2.62. The van der Waals surface area contributed by atoms with E-state index in [-0.39, 0.29) is 23.6 Å². The van der Waals surface area contributed by atoms with Crippen LogP contribution in [0.2, 0.25) is 0 Å². The smallest absolute Gasteiger partial charge is 0.411 e. The molecule has 9 heteroatoms. The average molecular weight is 406 g/mol. The first-order valence-corrected chi connectivity index (χ1v) is 9.00. The van der Waals surface area contributed by atoms with Gasteiger partial charge in [-0.3, -0.25) is 5.32 Å². The lowest BCUT2D eigenvalue weighted by Gasteiger charge is -2.08. The first-order chi connectivity index (χ1) is 14.5. The van der Waals surface area contributed by atoms with Gasteiger partial charge in [-0.1, -0.05) is 18.2 Å². The van der Waals surface area contributed by atoms with Crippen LogP contribution in [0.4, 0.5) is 10.5 Å². The van der Waals surface area contributed by atoms with Crippen molar-refractivity contribution in [1.29, 1.82) is 5.26 Å². The average Bonchev–Trinajstić information content (AvgIpc) is 3.16. The number of amides is 1. The first kappa shape index (κ1) is 20.4. The Morgan fingerprint density at radius 3 is 2.73 bits per heavy atom. The third-order valence-electron chi connectivity index (χ3n) is 3.99. The van der Waals surface area contributed by atoms with Crippen LogP contribution >= 0.6 is 0 Å². The van der Waals surface area contributed by atoms with Gasteiger partial charge in [0.25, 0.3) is 0 Å². The molecule has 2 aromatic carbocycles. The van der Waals surface area contributed by atoms with E-state index in [2.05, 4.69) is 15.3 Å². The minimum absolute atomic E-state index is 0.128. The molecule has 0 aliphatic heterocycles. The molecule has 0 unspecified atom stereocenters. The SMILES string of the molecule is CCOC(=O)Nc1cccc(C(=O)OCC(O)=C(C#N)c2nc3ccccc3[nH]2)c1. The molecule has 3 N–H and O–H groups in total. The molecule has 9 nitrogen and oxygen atoms in total. The van der Waals surface area contributed by atoms with Crippen LogP contribution in [0.15, 0.2) is 54.3 Å². The van der Waals surface area contributed by atoms with E-state index in [1.54, 1.807) is 37.3 Å². The highest BCUT2D eigenvalue weighted by atomic mass is 16.5. The maximum Gasteiger partial charge on any atom is 0.411 e. The van der Waals surface area contributed by atoms with Crippen LogP contribution in [-0.4, -0.2) is 40.4 Å². The summed E-state index contributed by atoms with van der Waals surface area (Å²) in [5.41, 5.74) is 1.71. The van der Waals surface area contributed by atoms with Crippen molar-refractivity contribution in [2.45, 2.75) is 6.92 Å². The van der Waals surface area contributed by atoms with Crippen LogP contribution in [0.5, 0.6) is 0 Å². The minimum Gasteiger partial charge on any atom is -0.507 e. The molecule has 0 aliphatic rings. The summed E-state index contributed by atoms with van der Waals surface area (Å²) < 4.78 is 9.87. The maximum absolute atomic E-state index is 12.3. The molecule has 0 radical (unpaired) electrons. The Bertz CT molecular complexity index is 1130. The molecule has 0 aliphatic carbocycles. The number of para-hydroxylation sites is 2. The summed E-state index contributed by atoms with van der Waals surface area (Å²) in [6.45, 7) is 1.37. The highest BCUT2D eigenvalue weighted by Crippen LogP contribution is 2.19. The number of nitrogens with one attached hydrogen (secondary N) is 2. The topological polar surface area (TPSA) is 137 Å². The Hall–Kier alpha value is -4.32. The second-order valence-electron chi connectivity index (χ2n) is 6.04. The number of anilines is 1. The fraction of sp³-hybridized carbons (Fsp3) is 0.143. The number of fused-ring (bicyclic) bond motifs is 1. The molecule has 1 aromatic heterocycles.